The number of hydrogen-bond donors (Lipinski definition) is 0. The second-order valence-corrected chi connectivity index (χ2v) is 11.2. The van der Waals surface area contributed by atoms with E-state index in [0.717, 1.165) is 5.69 Å². The number of hydrogen-bond acceptors (Lipinski definition) is 10. The average Bonchev–Trinajstić information content (AvgIpc) is 3.44. The van der Waals surface area contributed by atoms with Crippen molar-refractivity contribution in [3.63, 3.8) is 0 Å². The van der Waals surface area contributed by atoms with Gasteiger partial charge < -0.3 is 4.52 Å². The third-order valence-corrected chi connectivity index (χ3v) is 8.22. The molecular formula is C22H25ClN8O3S. The first-order valence-corrected chi connectivity index (χ1v) is 13.0. The van der Waals surface area contributed by atoms with Gasteiger partial charge in [0.1, 0.15) is 29.1 Å². The molecule has 35 heavy (non-hydrogen) atoms. The minimum atomic E-state index is -3.70. The fourth-order valence-electron chi connectivity index (χ4n) is 3.65. The van der Waals surface area contributed by atoms with Crippen LogP contribution in [0.3, 0.4) is 0 Å². The number of aromatic nitrogens is 8. The van der Waals surface area contributed by atoms with Gasteiger partial charge in [0, 0.05) is 24.0 Å². The number of rotatable bonds is 8. The summed E-state index contributed by atoms with van der Waals surface area (Å²) in [5, 5.41) is 12.0. The first-order chi connectivity index (χ1) is 16.6. The molecule has 0 fully saturated rings. The normalized spacial score (nSPS) is 14.6. The minimum Gasteiger partial charge on any atom is -0.337 e. The number of halogens is 1. The Balaban J connectivity index is 1.72. The molecule has 0 N–H and O–H groups in total. The van der Waals surface area contributed by atoms with Gasteiger partial charge in [-0.25, -0.2) is 23.4 Å². The SMILES string of the molecule is Cc1cccc(-c2nnc(CS(=O)(=O)[C@@H](C)[C@H](C)c3ncc(Cl)cn3)n2[C@@H](C)c2nc(C)no2)n1. The van der Waals surface area contributed by atoms with Gasteiger partial charge in [-0.1, -0.05) is 29.7 Å². The molecule has 0 spiro atoms. The molecule has 11 nitrogen and oxygen atoms in total. The first-order valence-electron chi connectivity index (χ1n) is 10.9. The summed E-state index contributed by atoms with van der Waals surface area (Å²) in [6.45, 7) is 8.79. The summed E-state index contributed by atoms with van der Waals surface area (Å²) in [4.78, 5) is 17.2. The zero-order valence-electron chi connectivity index (χ0n) is 19.9. The lowest BCUT2D eigenvalue weighted by molar-refractivity contribution is 0.341. The molecule has 4 heterocycles. The summed E-state index contributed by atoms with van der Waals surface area (Å²) in [7, 11) is -3.70. The Morgan fingerprint density at radius 3 is 2.40 bits per heavy atom. The van der Waals surface area contributed by atoms with E-state index in [-0.39, 0.29) is 11.6 Å². The molecular weight excluding hydrogens is 492 g/mol. The van der Waals surface area contributed by atoms with Crippen molar-refractivity contribution in [1.29, 1.82) is 0 Å². The van der Waals surface area contributed by atoms with Crippen LogP contribution >= 0.6 is 11.6 Å². The minimum absolute atomic E-state index is 0.239. The van der Waals surface area contributed by atoms with E-state index in [9.17, 15) is 8.42 Å². The lowest BCUT2D eigenvalue weighted by atomic mass is 10.1. The summed E-state index contributed by atoms with van der Waals surface area (Å²) >= 11 is 5.87. The van der Waals surface area contributed by atoms with E-state index in [2.05, 4.69) is 35.3 Å². The molecule has 0 saturated heterocycles. The van der Waals surface area contributed by atoms with Gasteiger partial charge in [-0.3, -0.25) is 4.57 Å². The van der Waals surface area contributed by atoms with Gasteiger partial charge in [-0.05, 0) is 39.8 Å². The summed E-state index contributed by atoms with van der Waals surface area (Å²) < 4.78 is 34.0. The van der Waals surface area contributed by atoms with Crippen molar-refractivity contribution in [2.75, 3.05) is 0 Å². The smallest absolute Gasteiger partial charge is 0.249 e. The number of sulfone groups is 1. The second-order valence-electron chi connectivity index (χ2n) is 8.39. The van der Waals surface area contributed by atoms with Crippen molar-refractivity contribution < 1.29 is 12.9 Å². The Labute approximate surface area is 207 Å². The van der Waals surface area contributed by atoms with Crippen molar-refractivity contribution in [1.82, 2.24) is 39.9 Å². The van der Waals surface area contributed by atoms with Crippen LogP contribution in [0.15, 0.2) is 35.1 Å². The molecule has 4 rings (SSSR count). The largest absolute Gasteiger partial charge is 0.337 e. The van der Waals surface area contributed by atoms with Crippen molar-refractivity contribution in [2.45, 2.75) is 57.6 Å². The summed E-state index contributed by atoms with van der Waals surface area (Å²) in [5.41, 5.74) is 1.35. The zero-order valence-corrected chi connectivity index (χ0v) is 21.5. The van der Waals surface area contributed by atoms with Gasteiger partial charge in [0.05, 0.1) is 10.3 Å². The van der Waals surface area contributed by atoms with Crippen LogP contribution < -0.4 is 0 Å². The molecule has 0 amide bonds. The molecule has 0 aromatic carbocycles. The molecule has 0 radical (unpaired) electrons. The molecule has 0 aliphatic carbocycles. The van der Waals surface area contributed by atoms with Crippen molar-refractivity contribution in [3.05, 3.63) is 64.7 Å². The van der Waals surface area contributed by atoms with Crippen LogP contribution in [-0.2, 0) is 15.6 Å². The lowest BCUT2D eigenvalue weighted by Crippen LogP contribution is -2.28. The van der Waals surface area contributed by atoms with Crippen LogP contribution in [0.1, 0.15) is 61.8 Å². The molecule has 0 saturated carbocycles. The standard InChI is InChI=1S/C22H25ClN8O3S/c1-12-7-6-8-18(26-12)21-29-28-19(31(21)14(3)22-27-16(5)30-34-22)11-35(32,33)15(4)13(2)20-24-9-17(23)10-25-20/h6-10,13-15H,11H2,1-5H3/t13-,14-,15-/m0/s1. The van der Waals surface area contributed by atoms with Crippen molar-refractivity contribution in [3.8, 4) is 11.5 Å². The Morgan fingerprint density at radius 1 is 1.06 bits per heavy atom. The third-order valence-electron chi connectivity index (χ3n) is 5.82. The molecule has 3 atom stereocenters. The van der Waals surface area contributed by atoms with Crippen LogP contribution in [0.25, 0.3) is 11.5 Å². The van der Waals surface area contributed by atoms with E-state index in [1.807, 2.05) is 26.0 Å². The molecule has 184 valence electrons. The fraction of sp³-hybridized carbons (Fsp3) is 0.409. The summed E-state index contributed by atoms with van der Waals surface area (Å²) in [6, 6.07) is 4.98. The Kier molecular flexibility index (Phi) is 6.95. The third kappa shape index (κ3) is 5.22. The van der Waals surface area contributed by atoms with E-state index in [4.69, 9.17) is 16.1 Å². The van der Waals surface area contributed by atoms with E-state index >= 15 is 0 Å². The summed E-state index contributed by atoms with van der Waals surface area (Å²) in [5.74, 6) is 0.990. The number of aryl methyl sites for hydroxylation is 2. The second kappa shape index (κ2) is 9.78. The highest BCUT2D eigenvalue weighted by Crippen LogP contribution is 2.29. The highest BCUT2D eigenvalue weighted by atomic mass is 35.5. The quantitative estimate of drug-likeness (QED) is 0.341. The average molecular weight is 517 g/mol. The number of nitrogens with zero attached hydrogens (tertiary/aromatic N) is 8. The van der Waals surface area contributed by atoms with E-state index in [1.165, 1.54) is 12.4 Å². The Hall–Kier alpha value is -3.25. The van der Waals surface area contributed by atoms with Crippen LogP contribution in [0.5, 0.6) is 0 Å². The van der Waals surface area contributed by atoms with Gasteiger partial charge in [-0.15, -0.1) is 10.2 Å². The topological polar surface area (TPSA) is 142 Å². The Bertz CT molecular complexity index is 1440. The van der Waals surface area contributed by atoms with Crippen LogP contribution in [-0.4, -0.2) is 53.5 Å². The lowest BCUT2D eigenvalue weighted by Gasteiger charge is -2.20. The number of pyridine rings is 1. The Morgan fingerprint density at radius 2 is 1.77 bits per heavy atom. The van der Waals surface area contributed by atoms with E-state index < -0.39 is 27.0 Å². The highest BCUT2D eigenvalue weighted by molar-refractivity contribution is 7.91. The predicted molar refractivity (Wildman–Crippen MR) is 128 cm³/mol. The predicted octanol–water partition coefficient (Wildman–Crippen LogP) is 3.50. The van der Waals surface area contributed by atoms with Gasteiger partial charge in [0.2, 0.25) is 5.89 Å². The van der Waals surface area contributed by atoms with Crippen LogP contribution in [0.4, 0.5) is 0 Å². The zero-order chi connectivity index (χ0) is 25.3. The maximum absolute atomic E-state index is 13.5. The maximum atomic E-state index is 13.5. The first kappa shape index (κ1) is 24.9. The molecule has 0 aliphatic rings. The van der Waals surface area contributed by atoms with Crippen LogP contribution in [0.2, 0.25) is 5.02 Å². The molecule has 4 aromatic heterocycles. The van der Waals surface area contributed by atoms with Gasteiger partial charge >= 0.3 is 0 Å². The maximum Gasteiger partial charge on any atom is 0.249 e. The van der Waals surface area contributed by atoms with Gasteiger partial charge in [0.15, 0.2) is 21.5 Å². The van der Waals surface area contributed by atoms with Gasteiger partial charge in [-0.2, -0.15) is 4.98 Å². The van der Waals surface area contributed by atoms with Crippen LogP contribution in [0, 0.1) is 13.8 Å². The van der Waals surface area contributed by atoms with E-state index in [1.54, 1.807) is 31.4 Å². The van der Waals surface area contributed by atoms with Gasteiger partial charge in [0.25, 0.3) is 0 Å². The molecule has 0 unspecified atom stereocenters. The monoisotopic (exact) mass is 516 g/mol. The molecule has 4 aromatic rings. The van der Waals surface area contributed by atoms with Crippen molar-refractivity contribution >= 4 is 21.4 Å². The summed E-state index contributed by atoms with van der Waals surface area (Å²) in [6.07, 6.45) is 2.90. The highest BCUT2D eigenvalue weighted by Gasteiger charge is 2.33. The molecule has 0 bridgehead atoms. The van der Waals surface area contributed by atoms with E-state index in [0.29, 0.717) is 34.1 Å². The van der Waals surface area contributed by atoms with Crippen molar-refractivity contribution in [2.24, 2.45) is 0 Å². The fourth-order valence-corrected chi connectivity index (χ4v) is 5.32. The molecule has 13 heteroatoms. The molecule has 0 aliphatic heterocycles.